The lowest BCUT2D eigenvalue weighted by Crippen LogP contribution is -2.35. The number of hydrogen-bond donors (Lipinski definition) is 0. The molecule has 7 nitrogen and oxygen atoms in total. The second kappa shape index (κ2) is 10.9. The van der Waals surface area contributed by atoms with Crippen LogP contribution in [0.15, 0.2) is 24.3 Å². The summed E-state index contributed by atoms with van der Waals surface area (Å²) in [4.78, 5) is 22.4. The molecule has 0 saturated carbocycles. The predicted octanol–water partition coefficient (Wildman–Crippen LogP) is 4.80. The number of rotatable bonds is 9. The zero-order valence-corrected chi connectivity index (χ0v) is 20.7. The number of ether oxygens (including phenoxy) is 1. The molecule has 0 N–H and O–H groups in total. The average molecular weight is 466 g/mol. The van der Waals surface area contributed by atoms with E-state index in [1.807, 2.05) is 66.1 Å². The Hall–Kier alpha value is -2.16. The van der Waals surface area contributed by atoms with Crippen LogP contribution in [0.1, 0.15) is 49.4 Å². The van der Waals surface area contributed by atoms with Crippen molar-refractivity contribution < 1.29 is 9.53 Å². The van der Waals surface area contributed by atoms with Crippen LogP contribution in [-0.4, -0.2) is 59.4 Å². The van der Waals surface area contributed by atoms with E-state index in [-0.39, 0.29) is 24.4 Å². The zero-order chi connectivity index (χ0) is 21.8. The Morgan fingerprint density at radius 1 is 1.26 bits per heavy atom. The fourth-order valence-corrected chi connectivity index (χ4v) is 4.34. The monoisotopic (exact) mass is 465 g/mol. The van der Waals surface area contributed by atoms with E-state index >= 15 is 0 Å². The maximum absolute atomic E-state index is 13.6. The molecule has 3 aromatic rings. The Balaban J connectivity index is 0.00000341. The van der Waals surface area contributed by atoms with Gasteiger partial charge in [-0.25, -0.2) is 4.98 Å². The summed E-state index contributed by atoms with van der Waals surface area (Å²) in [5, 5.41) is 5.21. The van der Waals surface area contributed by atoms with Gasteiger partial charge < -0.3 is 9.64 Å². The summed E-state index contributed by atoms with van der Waals surface area (Å²) in [5.41, 5.74) is 2.23. The number of fused-ring (bicyclic) bond motifs is 1. The van der Waals surface area contributed by atoms with Gasteiger partial charge in [-0.1, -0.05) is 17.4 Å². The van der Waals surface area contributed by atoms with Crippen molar-refractivity contribution in [3.63, 3.8) is 0 Å². The van der Waals surface area contributed by atoms with Crippen LogP contribution in [0.3, 0.4) is 0 Å². The minimum atomic E-state index is -0.0694. The topological polar surface area (TPSA) is 63.5 Å². The first kappa shape index (κ1) is 25.1. The molecule has 0 bridgehead atoms. The van der Waals surface area contributed by atoms with Gasteiger partial charge in [-0.2, -0.15) is 5.10 Å². The van der Waals surface area contributed by atoms with Crippen LogP contribution < -0.4 is 9.64 Å². The smallest absolute Gasteiger partial charge is 0.278 e. The van der Waals surface area contributed by atoms with Gasteiger partial charge in [0.25, 0.3) is 5.91 Å². The lowest BCUT2D eigenvalue weighted by atomic mass is 10.3. The Morgan fingerprint density at radius 3 is 2.65 bits per heavy atom. The van der Waals surface area contributed by atoms with Gasteiger partial charge in [-0.15, -0.1) is 12.4 Å². The quantitative estimate of drug-likeness (QED) is 0.454. The summed E-state index contributed by atoms with van der Waals surface area (Å²) in [6, 6.07) is 7.86. The van der Waals surface area contributed by atoms with E-state index in [9.17, 15) is 4.79 Å². The third-order valence-corrected chi connectivity index (χ3v) is 5.74. The van der Waals surface area contributed by atoms with Gasteiger partial charge in [0.1, 0.15) is 17.0 Å². The van der Waals surface area contributed by atoms with Gasteiger partial charge in [0.05, 0.1) is 17.0 Å². The number of aromatic nitrogens is 3. The van der Waals surface area contributed by atoms with Crippen molar-refractivity contribution in [2.24, 2.45) is 0 Å². The van der Waals surface area contributed by atoms with Crippen molar-refractivity contribution in [3.05, 3.63) is 35.7 Å². The number of nitrogens with zero attached hydrogens (tertiary/aromatic N) is 5. The van der Waals surface area contributed by atoms with Crippen LogP contribution >= 0.6 is 23.7 Å². The molecule has 170 valence electrons. The molecule has 9 heteroatoms. The maximum Gasteiger partial charge on any atom is 0.278 e. The normalized spacial score (nSPS) is 11.2. The number of thiazole rings is 1. The number of aryl methyl sites for hydroxylation is 1. The van der Waals surface area contributed by atoms with Crippen molar-refractivity contribution in [1.29, 1.82) is 0 Å². The molecule has 0 aliphatic heterocycles. The van der Waals surface area contributed by atoms with Crippen molar-refractivity contribution in [2.75, 3.05) is 38.7 Å². The molecule has 3 rings (SSSR count). The Labute approximate surface area is 194 Å². The van der Waals surface area contributed by atoms with E-state index < -0.39 is 0 Å². The van der Waals surface area contributed by atoms with Crippen LogP contribution in [0.4, 0.5) is 5.13 Å². The number of para-hydroxylation sites is 1. The molecule has 1 aromatic carbocycles. The highest BCUT2D eigenvalue weighted by Gasteiger charge is 2.26. The number of hydrogen-bond acceptors (Lipinski definition) is 6. The van der Waals surface area contributed by atoms with Gasteiger partial charge in [-0.05, 0) is 73.0 Å². The summed E-state index contributed by atoms with van der Waals surface area (Å²) in [7, 11) is 4.07. The average Bonchev–Trinajstić information content (AvgIpc) is 3.29. The highest BCUT2D eigenvalue weighted by Crippen LogP contribution is 2.35. The predicted molar refractivity (Wildman–Crippen MR) is 130 cm³/mol. The minimum Gasteiger partial charge on any atom is -0.492 e. The first-order valence-electron chi connectivity index (χ1n) is 10.4. The third-order valence-electron chi connectivity index (χ3n) is 4.70. The van der Waals surface area contributed by atoms with Gasteiger partial charge in [0.2, 0.25) is 0 Å². The molecule has 0 atom stereocenters. The molecular weight excluding hydrogens is 434 g/mol. The molecule has 2 heterocycles. The van der Waals surface area contributed by atoms with Gasteiger partial charge in [0, 0.05) is 12.6 Å². The van der Waals surface area contributed by atoms with Crippen LogP contribution in [0, 0.1) is 6.92 Å². The fourth-order valence-electron chi connectivity index (χ4n) is 3.34. The van der Waals surface area contributed by atoms with Gasteiger partial charge in [-0.3, -0.25) is 14.4 Å². The first-order valence-corrected chi connectivity index (χ1v) is 11.2. The van der Waals surface area contributed by atoms with E-state index in [0.717, 1.165) is 34.6 Å². The van der Waals surface area contributed by atoms with Crippen molar-refractivity contribution in [3.8, 4) is 5.75 Å². The number of carbonyl (C=O) groups excluding carboxylic acids is 1. The number of benzene rings is 1. The highest BCUT2D eigenvalue weighted by atomic mass is 35.5. The number of halogens is 1. The standard InChI is InChI=1S/C22H31N5O2S.ClH/c1-7-29-18-10-8-11-19-20(18)23-22(30-19)26(13-9-12-25(5)6)21(28)17-14-16(4)24-27(17)15(2)3;/h8,10-11,14-15H,7,9,12-13H2,1-6H3;1H. The molecule has 1 amide bonds. The molecule has 0 aliphatic carbocycles. The summed E-state index contributed by atoms with van der Waals surface area (Å²) in [6.45, 7) is 9.99. The largest absolute Gasteiger partial charge is 0.492 e. The second-order valence-corrected chi connectivity index (χ2v) is 8.86. The van der Waals surface area contributed by atoms with Gasteiger partial charge in [0.15, 0.2) is 5.13 Å². The lowest BCUT2D eigenvalue weighted by Gasteiger charge is -2.22. The van der Waals surface area contributed by atoms with E-state index in [1.165, 1.54) is 11.3 Å². The molecule has 0 radical (unpaired) electrons. The van der Waals surface area contributed by atoms with E-state index in [0.29, 0.717) is 24.0 Å². The van der Waals surface area contributed by atoms with Crippen LogP contribution in [0.25, 0.3) is 10.2 Å². The van der Waals surface area contributed by atoms with Crippen molar-refractivity contribution in [1.82, 2.24) is 19.7 Å². The molecule has 0 saturated heterocycles. The van der Waals surface area contributed by atoms with E-state index in [4.69, 9.17) is 9.72 Å². The number of amides is 1. The lowest BCUT2D eigenvalue weighted by molar-refractivity contribution is 0.0974. The molecule has 0 aliphatic rings. The van der Waals surface area contributed by atoms with Crippen molar-refractivity contribution in [2.45, 2.75) is 40.2 Å². The number of anilines is 1. The van der Waals surface area contributed by atoms with Crippen LogP contribution in [-0.2, 0) is 0 Å². The Kier molecular flexibility index (Phi) is 8.85. The SMILES string of the molecule is CCOc1cccc2sc(N(CCCN(C)C)C(=O)c3cc(C)nn3C(C)C)nc12.Cl. The number of carbonyl (C=O) groups is 1. The van der Waals surface area contributed by atoms with Gasteiger partial charge >= 0.3 is 0 Å². The molecule has 0 fully saturated rings. The molecule has 0 spiro atoms. The van der Waals surface area contributed by atoms with Crippen molar-refractivity contribution >= 4 is 45.0 Å². The Morgan fingerprint density at radius 2 is 2.00 bits per heavy atom. The summed E-state index contributed by atoms with van der Waals surface area (Å²) in [6.07, 6.45) is 0.849. The second-order valence-electron chi connectivity index (χ2n) is 7.86. The zero-order valence-electron chi connectivity index (χ0n) is 19.1. The third kappa shape index (κ3) is 5.75. The fraction of sp³-hybridized carbons (Fsp3) is 0.500. The summed E-state index contributed by atoms with van der Waals surface area (Å²) in [5.74, 6) is 0.682. The van der Waals surface area contributed by atoms with Crippen LogP contribution in [0.2, 0.25) is 0 Å². The molecular formula is C22H32ClN5O2S. The summed E-state index contributed by atoms with van der Waals surface area (Å²) >= 11 is 1.52. The Bertz CT molecular complexity index is 1010. The summed E-state index contributed by atoms with van der Waals surface area (Å²) < 4.78 is 8.55. The molecule has 2 aromatic heterocycles. The molecule has 31 heavy (non-hydrogen) atoms. The molecule has 0 unspecified atom stereocenters. The van der Waals surface area contributed by atoms with Crippen LogP contribution in [0.5, 0.6) is 5.75 Å². The van der Waals surface area contributed by atoms with E-state index in [1.54, 1.807) is 9.58 Å². The highest BCUT2D eigenvalue weighted by molar-refractivity contribution is 7.22. The first-order chi connectivity index (χ1) is 14.3. The van der Waals surface area contributed by atoms with E-state index in [2.05, 4.69) is 10.00 Å². The maximum atomic E-state index is 13.6. The minimum absolute atomic E-state index is 0.